The maximum atomic E-state index is 9.37. The van der Waals surface area contributed by atoms with Crippen molar-refractivity contribution in [2.75, 3.05) is 14.2 Å². The average Bonchev–Trinajstić information content (AvgIpc) is 3.19. The van der Waals surface area contributed by atoms with E-state index in [1.807, 2.05) is 29.3 Å². The van der Waals surface area contributed by atoms with Crippen molar-refractivity contribution in [1.82, 2.24) is 5.06 Å². The molecule has 0 amide bonds. The summed E-state index contributed by atoms with van der Waals surface area (Å²) >= 11 is 0. The van der Waals surface area contributed by atoms with Crippen molar-refractivity contribution in [2.24, 2.45) is 0 Å². The van der Waals surface area contributed by atoms with E-state index >= 15 is 0 Å². The Bertz CT molecular complexity index is 719. The fourth-order valence-electron chi connectivity index (χ4n) is 3.54. The van der Waals surface area contributed by atoms with Gasteiger partial charge in [0.25, 0.3) is 0 Å². The van der Waals surface area contributed by atoms with Crippen LogP contribution in [0.5, 0.6) is 5.75 Å². The highest BCUT2D eigenvalue weighted by Gasteiger charge is 2.68. The number of carboxylic acid groups (broad SMARTS) is 1. The molecule has 0 saturated carbocycles. The fourth-order valence-corrected chi connectivity index (χ4v) is 3.54. The van der Waals surface area contributed by atoms with Gasteiger partial charge in [-0.15, -0.1) is 0 Å². The van der Waals surface area contributed by atoms with E-state index < -0.39 is 11.6 Å². The number of unbranched alkanes of at least 4 members (excludes halogenated alkanes) is 2. The van der Waals surface area contributed by atoms with E-state index in [0.29, 0.717) is 0 Å². The summed E-state index contributed by atoms with van der Waals surface area (Å²) in [5.41, 5.74) is 1.25. The topological polar surface area (TPSA) is 77.5 Å². The van der Waals surface area contributed by atoms with Crippen molar-refractivity contribution in [2.45, 2.75) is 70.9 Å². The maximum absolute atomic E-state index is 9.37. The molecule has 0 saturated heterocycles. The molecule has 1 aliphatic heterocycles. The van der Waals surface area contributed by atoms with Crippen molar-refractivity contribution < 1.29 is 29.3 Å². The average molecular weight is 408 g/mol. The first-order chi connectivity index (χ1) is 14.0. The van der Waals surface area contributed by atoms with Crippen LogP contribution in [0.15, 0.2) is 35.7 Å². The monoisotopic (exact) mass is 407 g/mol. The van der Waals surface area contributed by atoms with Gasteiger partial charge in [-0.25, -0.2) is 5.06 Å². The third kappa shape index (κ3) is 4.67. The van der Waals surface area contributed by atoms with Gasteiger partial charge in [0.2, 0.25) is 11.4 Å². The molecule has 0 radical (unpaired) electrons. The number of benzene rings is 1. The molecule has 1 aliphatic carbocycles. The van der Waals surface area contributed by atoms with E-state index in [1.165, 1.54) is 19.3 Å². The Labute approximate surface area is 173 Å². The van der Waals surface area contributed by atoms with Crippen LogP contribution in [0.1, 0.15) is 64.9 Å². The lowest BCUT2D eigenvalue weighted by Crippen LogP contribution is -2.37. The predicted octanol–water partition coefficient (Wildman–Crippen LogP) is 4.78. The second-order valence-electron chi connectivity index (χ2n) is 7.05. The Kier molecular flexibility index (Phi) is 8.34. The number of hydroxylamine groups is 2. The van der Waals surface area contributed by atoms with Crippen LogP contribution in [0, 0.1) is 0 Å². The smallest absolute Gasteiger partial charge is 0.303 e. The Balaban J connectivity index is 0.000000537. The molecule has 0 aromatic heterocycles. The summed E-state index contributed by atoms with van der Waals surface area (Å²) in [7, 11) is 3.37. The molecule has 0 spiro atoms. The van der Waals surface area contributed by atoms with Crippen LogP contribution in [0.25, 0.3) is 0 Å². The number of aliphatic carboxylic acids is 1. The third-order valence-corrected chi connectivity index (χ3v) is 5.27. The van der Waals surface area contributed by atoms with Gasteiger partial charge in [0.05, 0.1) is 13.2 Å². The summed E-state index contributed by atoms with van der Waals surface area (Å²) in [4.78, 5) is 20.4. The van der Waals surface area contributed by atoms with E-state index in [2.05, 4.69) is 13.8 Å². The molecule has 2 unspecified atom stereocenters. The molecule has 7 heteroatoms. The number of carboxylic acids is 1. The zero-order valence-electron chi connectivity index (χ0n) is 18.1. The van der Waals surface area contributed by atoms with Gasteiger partial charge in [-0.05, 0) is 18.9 Å². The number of methoxy groups -OCH3 is 2. The number of ether oxygens (including phenoxy) is 2. The molecule has 0 fully saturated rings. The van der Waals surface area contributed by atoms with Crippen LogP contribution in [-0.2, 0) is 25.0 Å². The molecule has 1 N–H and O–H groups in total. The summed E-state index contributed by atoms with van der Waals surface area (Å²) in [6.07, 6.45) is 5.93. The van der Waals surface area contributed by atoms with Gasteiger partial charge >= 0.3 is 5.97 Å². The summed E-state index contributed by atoms with van der Waals surface area (Å²) in [5.74, 6) is 0.782. The molecule has 29 heavy (non-hydrogen) atoms. The largest absolute Gasteiger partial charge is 0.496 e. The minimum atomic E-state index is -0.745. The SMILES string of the molecule is CCC(=O)O.CCCCCC(CC)N1OOC2=C1C2(OC)c1ccccc1OC. The first-order valence-electron chi connectivity index (χ1n) is 10.3. The zero-order chi connectivity index (χ0) is 21.4. The summed E-state index contributed by atoms with van der Waals surface area (Å²) in [5, 5.41) is 9.63. The van der Waals surface area contributed by atoms with Gasteiger partial charge in [-0.3, -0.25) is 4.79 Å². The van der Waals surface area contributed by atoms with Crippen molar-refractivity contribution in [3.8, 4) is 5.75 Å². The van der Waals surface area contributed by atoms with Crippen LogP contribution in [0.4, 0.5) is 0 Å². The van der Waals surface area contributed by atoms with Crippen molar-refractivity contribution in [3.05, 3.63) is 41.3 Å². The lowest BCUT2D eigenvalue weighted by molar-refractivity contribution is -0.400. The van der Waals surface area contributed by atoms with Gasteiger partial charge in [0.1, 0.15) is 11.4 Å². The van der Waals surface area contributed by atoms with Crippen molar-refractivity contribution >= 4 is 5.97 Å². The highest BCUT2D eigenvalue weighted by Crippen LogP contribution is 2.62. The molecule has 3 rings (SSSR count). The highest BCUT2D eigenvalue weighted by atomic mass is 17.3. The zero-order valence-corrected chi connectivity index (χ0v) is 18.1. The van der Waals surface area contributed by atoms with E-state index in [9.17, 15) is 4.79 Å². The van der Waals surface area contributed by atoms with Crippen LogP contribution in [-0.4, -0.2) is 36.4 Å². The predicted molar refractivity (Wildman–Crippen MR) is 109 cm³/mol. The van der Waals surface area contributed by atoms with Crippen LogP contribution < -0.4 is 4.74 Å². The molecule has 162 valence electrons. The Hall–Kier alpha value is -2.25. The summed E-state index contributed by atoms with van der Waals surface area (Å²) in [6, 6.07) is 8.18. The number of carbonyl (C=O) groups is 1. The van der Waals surface area contributed by atoms with Gasteiger partial charge in [0.15, 0.2) is 0 Å². The van der Waals surface area contributed by atoms with Gasteiger partial charge < -0.3 is 19.5 Å². The molecular formula is C22H33NO6. The quantitative estimate of drug-likeness (QED) is 0.442. The number of rotatable bonds is 10. The van der Waals surface area contributed by atoms with Crippen LogP contribution in [0.2, 0.25) is 0 Å². The number of hydrogen-bond acceptors (Lipinski definition) is 6. The van der Waals surface area contributed by atoms with Gasteiger partial charge in [0, 0.05) is 19.1 Å². The minimum Gasteiger partial charge on any atom is -0.496 e. The molecule has 2 aliphatic rings. The highest BCUT2D eigenvalue weighted by molar-refractivity contribution is 5.66. The normalized spacial score (nSPS) is 20.4. The Morgan fingerprint density at radius 3 is 2.45 bits per heavy atom. The third-order valence-electron chi connectivity index (χ3n) is 5.27. The Morgan fingerprint density at radius 1 is 1.21 bits per heavy atom. The van der Waals surface area contributed by atoms with Crippen LogP contribution in [0.3, 0.4) is 0 Å². The summed E-state index contributed by atoms with van der Waals surface area (Å²) in [6.45, 7) is 6.00. The number of para-hydroxylation sites is 1. The Morgan fingerprint density at radius 2 is 1.90 bits per heavy atom. The molecule has 7 nitrogen and oxygen atoms in total. The maximum Gasteiger partial charge on any atom is 0.303 e. The molecule has 2 atom stereocenters. The first-order valence-corrected chi connectivity index (χ1v) is 10.3. The van der Waals surface area contributed by atoms with E-state index in [4.69, 9.17) is 24.5 Å². The van der Waals surface area contributed by atoms with E-state index in [0.717, 1.165) is 35.6 Å². The van der Waals surface area contributed by atoms with Gasteiger partial charge in [-0.1, -0.05) is 63.2 Å². The van der Waals surface area contributed by atoms with Crippen LogP contribution >= 0.6 is 0 Å². The van der Waals surface area contributed by atoms with Crippen molar-refractivity contribution in [3.63, 3.8) is 0 Å². The van der Waals surface area contributed by atoms with Crippen molar-refractivity contribution in [1.29, 1.82) is 0 Å². The number of nitrogens with zero attached hydrogens (tertiary/aromatic N) is 1. The minimum absolute atomic E-state index is 0.222. The second kappa shape index (κ2) is 10.5. The molecule has 1 aromatic carbocycles. The fraction of sp³-hybridized carbons (Fsp3) is 0.591. The molecule has 1 aromatic rings. The molecule has 1 heterocycles. The summed E-state index contributed by atoms with van der Waals surface area (Å²) < 4.78 is 11.4. The second-order valence-corrected chi connectivity index (χ2v) is 7.05. The molecule has 0 bridgehead atoms. The standard InChI is InChI=1S/C19H27NO4.C3H6O2/c1-5-7-8-11-14(6-2)20-17-18(23-24-20)19(17,22-4)15-12-9-10-13-16(15)21-3;1-2-3(4)5/h9-10,12-14H,5-8,11H2,1-4H3;2H2,1H3,(H,4,5). The van der Waals surface area contributed by atoms with Gasteiger partial charge in [-0.2, -0.15) is 0 Å². The van der Waals surface area contributed by atoms with E-state index in [-0.39, 0.29) is 12.5 Å². The van der Waals surface area contributed by atoms with E-state index in [1.54, 1.807) is 21.1 Å². The number of hydrogen-bond donors (Lipinski definition) is 1. The lowest BCUT2D eigenvalue weighted by Gasteiger charge is -2.32. The lowest BCUT2D eigenvalue weighted by atomic mass is 10.0. The first kappa shape index (κ1) is 23.0. The molecular weight excluding hydrogens is 374 g/mol.